The van der Waals surface area contributed by atoms with E-state index in [0.717, 1.165) is 0 Å². The minimum Gasteiger partial charge on any atom is -0.460 e. The highest BCUT2D eigenvalue weighted by Crippen LogP contribution is 2.48. The van der Waals surface area contributed by atoms with Crippen molar-refractivity contribution < 1.29 is 28.2 Å². The molecular weight excluding hydrogens is 365 g/mol. The molecule has 28 heavy (non-hydrogen) atoms. The van der Waals surface area contributed by atoms with Gasteiger partial charge in [0.15, 0.2) is 5.78 Å². The Bertz CT molecular complexity index is 871. The third kappa shape index (κ3) is 3.80. The van der Waals surface area contributed by atoms with Gasteiger partial charge < -0.3 is 19.9 Å². The number of ketones is 1. The lowest BCUT2D eigenvalue weighted by molar-refractivity contribution is -0.141. The summed E-state index contributed by atoms with van der Waals surface area (Å²) in [6.07, 6.45) is 0.734. The van der Waals surface area contributed by atoms with Gasteiger partial charge in [-0.1, -0.05) is 32.0 Å². The highest BCUT2D eigenvalue weighted by atomic mass is 19.1. The predicted octanol–water partition coefficient (Wildman–Crippen LogP) is 2.94. The molecule has 1 heterocycles. The highest BCUT2D eigenvalue weighted by Gasteiger charge is 2.45. The van der Waals surface area contributed by atoms with Crippen LogP contribution in [-0.2, 0) is 23.8 Å². The van der Waals surface area contributed by atoms with Crippen molar-refractivity contribution in [1.29, 1.82) is 0 Å². The van der Waals surface area contributed by atoms with E-state index in [4.69, 9.17) is 19.9 Å². The van der Waals surface area contributed by atoms with Crippen LogP contribution in [0.5, 0.6) is 0 Å². The Morgan fingerprint density at radius 2 is 2.00 bits per heavy atom. The average molecular weight is 389 g/mol. The second kappa shape index (κ2) is 7.75. The lowest BCUT2D eigenvalue weighted by atomic mass is 9.70. The van der Waals surface area contributed by atoms with Crippen molar-refractivity contribution in [3.05, 3.63) is 58.4 Å². The molecule has 2 N–H and O–H groups in total. The molecular formula is C21H24FNO5. The Balaban J connectivity index is 2.11. The maximum Gasteiger partial charge on any atom is 0.340 e. The smallest absolute Gasteiger partial charge is 0.340 e. The number of nitrogens with two attached hydrogens (primary N) is 1. The minimum absolute atomic E-state index is 0.00296. The summed E-state index contributed by atoms with van der Waals surface area (Å²) in [5, 5.41) is 0. The van der Waals surface area contributed by atoms with Gasteiger partial charge in [-0.25, -0.2) is 9.18 Å². The molecule has 0 aromatic heterocycles. The highest BCUT2D eigenvalue weighted by molar-refractivity contribution is 6.03. The van der Waals surface area contributed by atoms with E-state index in [1.54, 1.807) is 18.2 Å². The molecule has 0 amide bonds. The van der Waals surface area contributed by atoms with Crippen molar-refractivity contribution in [3.8, 4) is 0 Å². The van der Waals surface area contributed by atoms with Crippen LogP contribution in [-0.4, -0.2) is 32.1 Å². The fourth-order valence-corrected chi connectivity index (χ4v) is 3.70. The molecule has 1 aliphatic heterocycles. The molecule has 2 aliphatic rings. The summed E-state index contributed by atoms with van der Waals surface area (Å²) < 4.78 is 30.4. The number of carbonyl (C=O) groups is 2. The second-order valence-electron chi connectivity index (χ2n) is 7.74. The zero-order valence-electron chi connectivity index (χ0n) is 16.2. The number of esters is 1. The van der Waals surface area contributed by atoms with Crippen LogP contribution in [0, 0.1) is 11.2 Å². The number of carbonyl (C=O) groups excluding carboxylic acids is 2. The normalized spacial score (nSPS) is 21.3. The summed E-state index contributed by atoms with van der Waals surface area (Å²) in [6.45, 7) is 4.10. The van der Waals surface area contributed by atoms with Crippen molar-refractivity contribution in [2.75, 3.05) is 20.3 Å². The molecule has 3 rings (SSSR count). The predicted molar refractivity (Wildman–Crippen MR) is 99.3 cm³/mol. The molecule has 0 bridgehead atoms. The first kappa shape index (κ1) is 20.1. The van der Waals surface area contributed by atoms with Crippen LogP contribution in [0.4, 0.5) is 4.39 Å². The van der Waals surface area contributed by atoms with Gasteiger partial charge >= 0.3 is 5.97 Å². The van der Waals surface area contributed by atoms with Gasteiger partial charge in [-0.2, -0.15) is 0 Å². The SMILES string of the molecule is COCCOC(=O)C1=C(N)OC2=C(C(=O)CC(C)(C)C2)C1c1ccccc1F. The monoisotopic (exact) mass is 389 g/mol. The molecule has 0 fully saturated rings. The third-order valence-corrected chi connectivity index (χ3v) is 4.91. The second-order valence-corrected chi connectivity index (χ2v) is 7.74. The number of allylic oxidation sites excluding steroid dienone is 2. The van der Waals surface area contributed by atoms with E-state index >= 15 is 0 Å². The van der Waals surface area contributed by atoms with Crippen molar-refractivity contribution in [3.63, 3.8) is 0 Å². The number of rotatable bonds is 5. The van der Waals surface area contributed by atoms with E-state index in [9.17, 15) is 14.0 Å². The molecule has 1 aromatic rings. The maximum absolute atomic E-state index is 14.7. The summed E-state index contributed by atoms with van der Waals surface area (Å²) in [6, 6.07) is 6.02. The molecule has 0 saturated heterocycles. The van der Waals surface area contributed by atoms with Crippen molar-refractivity contribution >= 4 is 11.8 Å². The lowest BCUT2D eigenvalue weighted by Crippen LogP contribution is -2.36. The zero-order chi connectivity index (χ0) is 20.5. The first-order chi connectivity index (χ1) is 13.2. The van der Waals surface area contributed by atoms with E-state index in [1.165, 1.54) is 13.2 Å². The van der Waals surface area contributed by atoms with E-state index in [2.05, 4.69) is 0 Å². The van der Waals surface area contributed by atoms with Crippen LogP contribution >= 0.6 is 0 Å². The number of hydrogen-bond acceptors (Lipinski definition) is 6. The van der Waals surface area contributed by atoms with Crippen LogP contribution in [0.25, 0.3) is 0 Å². The Kier molecular flexibility index (Phi) is 5.56. The van der Waals surface area contributed by atoms with Crippen LogP contribution < -0.4 is 5.73 Å². The summed E-state index contributed by atoms with van der Waals surface area (Å²) in [4.78, 5) is 25.7. The molecule has 1 unspecified atom stereocenters. The van der Waals surface area contributed by atoms with Crippen molar-refractivity contribution in [2.45, 2.75) is 32.6 Å². The van der Waals surface area contributed by atoms with Crippen LogP contribution in [0.3, 0.4) is 0 Å². The van der Waals surface area contributed by atoms with E-state index in [1.807, 2.05) is 13.8 Å². The van der Waals surface area contributed by atoms with Crippen molar-refractivity contribution in [2.24, 2.45) is 11.1 Å². The number of benzene rings is 1. The summed E-state index contributed by atoms with van der Waals surface area (Å²) in [5.41, 5.74) is 6.15. The lowest BCUT2D eigenvalue weighted by Gasteiger charge is -2.38. The van der Waals surface area contributed by atoms with Gasteiger partial charge in [0.2, 0.25) is 5.88 Å². The fraction of sp³-hybridized carbons (Fsp3) is 0.429. The first-order valence-electron chi connectivity index (χ1n) is 9.09. The van der Waals surface area contributed by atoms with Gasteiger partial charge in [0, 0.05) is 31.1 Å². The summed E-state index contributed by atoms with van der Waals surface area (Å²) in [5.74, 6) is -2.22. The van der Waals surface area contributed by atoms with Gasteiger partial charge in [0.25, 0.3) is 0 Å². The molecule has 0 radical (unpaired) electrons. The Morgan fingerprint density at radius 1 is 1.29 bits per heavy atom. The Morgan fingerprint density at radius 3 is 2.68 bits per heavy atom. The average Bonchev–Trinajstić information content (AvgIpc) is 2.60. The number of hydrogen-bond donors (Lipinski definition) is 1. The van der Waals surface area contributed by atoms with Crippen LogP contribution in [0.15, 0.2) is 47.1 Å². The molecule has 1 atom stereocenters. The number of methoxy groups -OCH3 is 1. The third-order valence-electron chi connectivity index (χ3n) is 4.91. The molecule has 1 aliphatic carbocycles. The fourth-order valence-electron chi connectivity index (χ4n) is 3.70. The summed E-state index contributed by atoms with van der Waals surface area (Å²) in [7, 11) is 1.48. The van der Waals surface area contributed by atoms with Gasteiger partial charge in [0.05, 0.1) is 12.5 Å². The zero-order valence-corrected chi connectivity index (χ0v) is 16.2. The van der Waals surface area contributed by atoms with Crippen LogP contribution in [0.1, 0.15) is 38.2 Å². The largest absolute Gasteiger partial charge is 0.460 e. The molecule has 1 aromatic carbocycles. The molecule has 6 nitrogen and oxygen atoms in total. The quantitative estimate of drug-likeness (QED) is 0.615. The summed E-state index contributed by atoms with van der Waals surface area (Å²) >= 11 is 0. The number of Topliss-reactive ketones (excluding diaryl/α,β-unsaturated/α-hetero) is 1. The molecule has 7 heteroatoms. The van der Waals surface area contributed by atoms with Crippen molar-refractivity contribution in [1.82, 2.24) is 0 Å². The van der Waals surface area contributed by atoms with E-state index < -0.39 is 17.7 Å². The molecule has 150 valence electrons. The topological polar surface area (TPSA) is 87.8 Å². The molecule has 0 spiro atoms. The van der Waals surface area contributed by atoms with Gasteiger partial charge in [0.1, 0.15) is 23.8 Å². The van der Waals surface area contributed by atoms with E-state index in [0.29, 0.717) is 12.2 Å². The first-order valence-corrected chi connectivity index (χ1v) is 9.09. The Hall–Kier alpha value is -2.67. The maximum atomic E-state index is 14.7. The minimum atomic E-state index is -0.969. The Labute approximate surface area is 163 Å². The number of ether oxygens (including phenoxy) is 3. The van der Waals surface area contributed by atoms with Gasteiger partial charge in [-0.3, -0.25) is 4.79 Å². The van der Waals surface area contributed by atoms with Gasteiger partial charge in [-0.15, -0.1) is 0 Å². The van der Waals surface area contributed by atoms with E-state index in [-0.39, 0.29) is 53.4 Å². The number of halogens is 1. The van der Waals surface area contributed by atoms with Gasteiger partial charge in [-0.05, 0) is 11.5 Å². The standard InChI is InChI=1S/C21H24FNO5/c1-21(2)10-14(24)17-15(11-21)28-19(23)18(20(25)27-9-8-26-3)16(17)12-6-4-5-7-13(12)22/h4-7,16H,8-11,23H2,1-3H3. The molecule has 0 saturated carbocycles. The van der Waals surface area contributed by atoms with Crippen LogP contribution in [0.2, 0.25) is 0 Å².